The summed E-state index contributed by atoms with van der Waals surface area (Å²) in [6.07, 6.45) is -2.26. The van der Waals surface area contributed by atoms with Gasteiger partial charge >= 0.3 is 6.36 Å². The first-order valence-electron chi connectivity index (χ1n) is 9.11. The van der Waals surface area contributed by atoms with E-state index in [0.29, 0.717) is 31.0 Å². The summed E-state index contributed by atoms with van der Waals surface area (Å²) in [6.45, 7) is 3.09. The van der Waals surface area contributed by atoms with E-state index in [0.717, 1.165) is 11.5 Å². The summed E-state index contributed by atoms with van der Waals surface area (Å²) < 4.78 is 43.6. The Balaban J connectivity index is 1.63. The maximum absolute atomic E-state index is 12.6. The number of fused-ring (bicyclic) bond motifs is 1. The number of nitrogens with zero attached hydrogens (tertiary/aromatic N) is 4. The van der Waals surface area contributed by atoms with Crippen LogP contribution in [0.2, 0.25) is 0 Å². The Morgan fingerprint density at radius 2 is 1.90 bits per heavy atom. The molecule has 0 saturated heterocycles. The summed E-state index contributed by atoms with van der Waals surface area (Å²) in [6, 6.07) is 11.6. The Morgan fingerprint density at radius 1 is 1.10 bits per heavy atom. The van der Waals surface area contributed by atoms with Crippen molar-refractivity contribution in [2.45, 2.75) is 26.3 Å². The first-order valence-corrected chi connectivity index (χ1v) is 9.11. The minimum atomic E-state index is -4.75. The van der Waals surface area contributed by atoms with E-state index in [1.54, 1.807) is 12.1 Å². The smallest absolute Gasteiger partial charge is 0.405 e. The second kappa shape index (κ2) is 9.26. The Labute approximate surface area is 165 Å². The number of hydrogen-bond acceptors (Lipinski definition) is 4. The molecule has 1 aromatic carbocycles. The fourth-order valence-electron chi connectivity index (χ4n) is 2.72. The number of hydrogen-bond donors (Lipinski definition) is 2. The van der Waals surface area contributed by atoms with Gasteiger partial charge in [-0.2, -0.15) is 0 Å². The van der Waals surface area contributed by atoms with Crippen LogP contribution in [0.15, 0.2) is 53.7 Å². The number of ether oxygens (including phenoxy) is 1. The largest absolute Gasteiger partial charge is 0.573 e. The first-order chi connectivity index (χ1) is 14.0. The highest BCUT2D eigenvalue weighted by Crippen LogP contribution is 2.26. The molecule has 0 radical (unpaired) electrons. The number of pyridine rings is 1. The maximum atomic E-state index is 12.6. The normalized spacial score (nSPS) is 12.2. The Morgan fingerprint density at radius 3 is 2.69 bits per heavy atom. The third-order valence-corrected chi connectivity index (χ3v) is 3.98. The molecule has 2 N–H and O–H groups in total. The SMILES string of the molecule is CCNC(=NCc1ccccc1OC(F)(F)F)NCCc1nnc2ccccn12. The molecule has 0 spiro atoms. The first kappa shape index (κ1) is 20.4. The topological polar surface area (TPSA) is 75.8 Å². The van der Waals surface area contributed by atoms with E-state index in [2.05, 4.69) is 30.6 Å². The summed E-state index contributed by atoms with van der Waals surface area (Å²) in [5.74, 6) is 1.03. The molecule has 0 aliphatic rings. The number of alkyl halides is 3. The van der Waals surface area contributed by atoms with Crippen LogP contribution in [-0.2, 0) is 13.0 Å². The van der Waals surface area contributed by atoms with Crippen LogP contribution >= 0.6 is 0 Å². The van der Waals surface area contributed by atoms with Crippen LogP contribution in [0.5, 0.6) is 5.75 Å². The van der Waals surface area contributed by atoms with E-state index < -0.39 is 6.36 Å². The third kappa shape index (κ3) is 5.84. The molecule has 154 valence electrons. The Bertz CT molecular complexity index is 970. The molecule has 3 aromatic rings. The number of benzene rings is 1. The minimum absolute atomic E-state index is 0.0372. The standard InChI is InChI=1S/C19H21F3N6O/c1-2-23-18(24-11-10-17-27-26-16-9-5-6-12-28(16)17)25-13-14-7-3-4-8-15(14)29-19(20,21)22/h3-9,12H,2,10-11,13H2,1H3,(H2,23,24,25). The summed E-state index contributed by atoms with van der Waals surface area (Å²) in [5, 5.41) is 14.5. The van der Waals surface area contributed by atoms with Gasteiger partial charge in [-0.3, -0.25) is 4.40 Å². The van der Waals surface area contributed by atoms with Crippen LogP contribution in [0.4, 0.5) is 13.2 Å². The molecule has 10 heteroatoms. The zero-order valence-electron chi connectivity index (χ0n) is 15.8. The predicted octanol–water partition coefficient (Wildman–Crippen LogP) is 2.93. The van der Waals surface area contributed by atoms with Gasteiger partial charge in [-0.1, -0.05) is 24.3 Å². The van der Waals surface area contributed by atoms with Gasteiger partial charge in [0, 0.05) is 31.3 Å². The number of aliphatic imine (C=N–C) groups is 1. The monoisotopic (exact) mass is 406 g/mol. The van der Waals surface area contributed by atoms with E-state index in [4.69, 9.17) is 0 Å². The van der Waals surface area contributed by atoms with Gasteiger partial charge in [0.25, 0.3) is 0 Å². The zero-order valence-corrected chi connectivity index (χ0v) is 15.8. The van der Waals surface area contributed by atoms with Gasteiger partial charge in [0.2, 0.25) is 0 Å². The highest BCUT2D eigenvalue weighted by atomic mass is 19.4. The number of nitrogens with one attached hydrogen (secondary N) is 2. The second-order valence-electron chi connectivity index (χ2n) is 6.07. The molecule has 29 heavy (non-hydrogen) atoms. The average Bonchev–Trinajstić information content (AvgIpc) is 3.09. The predicted molar refractivity (Wildman–Crippen MR) is 103 cm³/mol. The van der Waals surface area contributed by atoms with Crippen molar-refractivity contribution in [3.05, 3.63) is 60.0 Å². The molecule has 0 saturated carbocycles. The molecule has 7 nitrogen and oxygen atoms in total. The molecule has 0 atom stereocenters. The summed E-state index contributed by atoms with van der Waals surface area (Å²) in [5.41, 5.74) is 1.11. The van der Waals surface area contributed by atoms with Crippen molar-refractivity contribution in [1.29, 1.82) is 0 Å². The highest BCUT2D eigenvalue weighted by Gasteiger charge is 2.31. The van der Waals surface area contributed by atoms with Crippen molar-refractivity contribution in [3.8, 4) is 5.75 Å². The van der Waals surface area contributed by atoms with E-state index in [1.165, 1.54) is 12.1 Å². The quantitative estimate of drug-likeness (QED) is 0.466. The number of rotatable bonds is 7. The molecular weight excluding hydrogens is 385 g/mol. The number of aromatic nitrogens is 3. The lowest BCUT2D eigenvalue weighted by Gasteiger charge is -2.13. The van der Waals surface area contributed by atoms with Crippen molar-refractivity contribution in [2.24, 2.45) is 4.99 Å². The highest BCUT2D eigenvalue weighted by molar-refractivity contribution is 5.79. The van der Waals surface area contributed by atoms with Gasteiger partial charge in [0.1, 0.15) is 11.6 Å². The Hall–Kier alpha value is -3.30. The van der Waals surface area contributed by atoms with Crippen molar-refractivity contribution >= 4 is 11.6 Å². The lowest BCUT2D eigenvalue weighted by Crippen LogP contribution is -2.38. The van der Waals surface area contributed by atoms with Crippen LogP contribution in [0.25, 0.3) is 5.65 Å². The molecule has 3 rings (SSSR count). The minimum Gasteiger partial charge on any atom is -0.405 e. The van der Waals surface area contributed by atoms with Crippen LogP contribution in [0, 0.1) is 0 Å². The third-order valence-electron chi connectivity index (χ3n) is 3.98. The summed E-state index contributed by atoms with van der Waals surface area (Å²) in [7, 11) is 0. The lowest BCUT2D eigenvalue weighted by molar-refractivity contribution is -0.274. The summed E-state index contributed by atoms with van der Waals surface area (Å²) >= 11 is 0. The number of para-hydroxylation sites is 1. The second-order valence-corrected chi connectivity index (χ2v) is 6.07. The fourth-order valence-corrected chi connectivity index (χ4v) is 2.72. The van der Waals surface area contributed by atoms with Crippen molar-refractivity contribution in [3.63, 3.8) is 0 Å². The number of halogens is 3. The molecule has 2 heterocycles. The van der Waals surface area contributed by atoms with Crippen molar-refractivity contribution < 1.29 is 17.9 Å². The molecule has 0 unspecified atom stereocenters. The fraction of sp³-hybridized carbons (Fsp3) is 0.316. The number of guanidine groups is 1. The molecule has 2 aromatic heterocycles. The van der Waals surface area contributed by atoms with E-state index >= 15 is 0 Å². The van der Waals surface area contributed by atoms with Crippen LogP contribution < -0.4 is 15.4 Å². The van der Waals surface area contributed by atoms with Crippen LogP contribution in [-0.4, -0.2) is 40.0 Å². The Kier molecular flexibility index (Phi) is 6.53. The molecule has 0 aliphatic carbocycles. The van der Waals surface area contributed by atoms with Gasteiger partial charge in [0.15, 0.2) is 11.6 Å². The summed E-state index contributed by atoms with van der Waals surface area (Å²) in [4.78, 5) is 4.36. The lowest BCUT2D eigenvalue weighted by atomic mass is 10.2. The maximum Gasteiger partial charge on any atom is 0.573 e. The van der Waals surface area contributed by atoms with E-state index in [9.17, 15) is 13.2 Å². The van der Waals surface area contributed by atoms with Gasteiger partial charge in [-0.25, -0.2) is 4.99 Å². The van der Waals surface area contributed by atoms with Gasteiger partial charge in [-0.15, -0.1) is 23.4 Å². The van der Waals surface area contributed by atoms with Gasteiger partial charge in [-0.05, 0) is 25.1 Å². The van der Waals surface area contributed by atoms with E-state index in [-0.39, 0.29) is 12.3 Å². The molecule has 0 amide bonds. The van der Waals surface area contributed by atoms with Crippen molar-refractivity contribution in [1.82, 2.24) is 25.2 Å². The molecule has 0 aliphatic heterocycles. The van der Waals surface area contributed by atoms with Gasteiger partial charge in [0.05, 0.1) is 6.54 Å². The van der Waals surface area contributed by atoms with Gasteiger partial charge < -0.3 is 15.4 Å². The molecular formula is C19H21F3N6O. The van der Waals surface area contributed by atoms with Crippen LogP contribution in [0.3, 0.4) is 0 Å². The van der Waals surface area contributed by atoms with Crippen LogP contribution in [0.1, 0.15) is 18.3 Å². The van der Waals surface area contributed by atoms with Crippen molar-refractivity contribution in [2.75, 3.05) is 13.1 Å². The molecule has 0 fully saturated rings. The average molecular weight is 406 g/mol. The van der Waals surface area contributed by atoms with E-state index in [1.807, 2.05) is 35.7 Å². The zero-order chi connectivity index (χ0) is 20.7. The molecule has 0 bridgehead atoms.